The average molecular weight is 837 g/mol. The molecule has 0 aromatic heterocycles. The van der Waals surface area contributed by atoms with E-state index in [1.165, 1.54) is 128 Å². The van der Waals surface area contributed by atoms with E-state index < -0.39 is 6.10 Å². The smallest absolute Gasteiger partial charge is 0.306 e. The molecule has 0 saturated heterocycles. The minimum Gasteiger partial charge on any atom is -0.462 e. The number of esters is 2. The minimum atomic E-state index is -0.558. The van der Waals surface area contributed by atoms with E-state index in [1.807, 2.05) is 0 Å². The molecule has 0 rings (SSSR count). The Labute approximate surface area is 372 Å². The van der Waals surface area contributed by atoms with E-state index in [0.29, 0.717) is 19.4 Å². The maximum atomic E-state index is 12.8. The van der Waals surface area contributed by atoms with Crippen molar-refractivity contribution in [3.63, 3.8) is 0 Å². The van der Waals surface area contributed by atoms with E-state index in [1.54, 1.807) is 0 Å². The molecule has 0 heterocycles. The van der Waals surface area contributed by atoms with Crippen LogP contribution in [0.1, 0.15) is 239 Å². The van der Waals surface area contributed by atoms with Crippen LogP contribution in [-0.2, 0) is 23.8 Å². The second-order valence-corrected chi connectivity index (χ2v) is 16.7. The van der Waals surface area contributed by atoms with E-state index in [9.17, 15) is 9.59 Å². The Hall–Kier alpha value is -2.66. The summed E-state index contributed by atoms with van der Waals surface area (Å²) in [5.41, 5.74) is 0. The van der Waals surface area contributed by atoms with Gasteiger partial charge in [0, 0.05) is 19.4 Å². The molecular weight excluding hydrogens is 741 g/mol. The van der Waals surface area contributed by atoms with Crippen molar-refractivity contribution in [1.82, 2.24) is 0 Å². The van der Waals surface area contributed by atoms with Crippen molar-refractivity contribution in [1.29, 1.82) is 0 Å². The monoisotopic (exact) mass is 837 g/mol. The van der Waals surface area contributed by atoms with Crippen LogP contribution in [0.4, 0.5) is 0 Å². The van der Waals surface area contributed by atoms with Gasteiger partial charge in [-0.2, -0.15) is 0 Å². The fourth-order valence-corrected chi connectivity index (χ4v) is 6.95. The normalized spacial score (nSPS) is 12.8. The van der Waals surface area contributed by atoms with Crippen LogP contribution in [0.5, 0.6) is 0 Å². The second kappa shape index (κ2) is 50.7. The van der Waals surface area contributed by atoms with Gasteiger partial charge in [0.1, 0.15) is 6.61 Å². The summed E-state index contributed by atoms with van der Waals surface area (Å²) in [6, 6.07) is 0. The predicted molar refractivity (Wildman–Crippen MR) is 260 cm³/mol. The number of hydrogen-bond donors (Lipinski definition) is 0. The fourth-order valence-electron chi connectivity index (χ4n) is 6.95. The topological polar surface area (TPSA) is 61.8 Å². The lowest BCUT2D eigenvalue weighted by Gasteiger charge is -2.18. The third kappa shape index (κ3) is 48.0. The van der Waals surface area contributed by atoms with Crippen LogP contribution in [0.2, 0.25) is 0 Å². The van der Waals surface area contributed by atoms with Crippen LogP contribution < -0.4 is 0 Å². The Kier molecular flexibility index (Phi) is 48.4. The molecule has 0 saturated carbocycles. The molecule has 0 fully saturated rings. The fraction of sp³-hybridized carbons (Fsp3) is 0.745. The van der Waals surface area contributed by atoms with Crippen LogP contribution in [0.3, 0.4) is 0 Å². The zero-order valence-corrected chi connectivity index (χ0v) is 39.7. The molecule has 0 amide bonds. The highest BCUT2D eigenvalue weighted by molar-refractivity contribution is 5.70. The molecule has 0 radical (unpaired) electrons. The number of hydrogen-bond acceptors (Lipinski definition) is 5. The summed E-state index contributed by atoms with van der Waals surface area (Å²) >= 11 is 0. The first-order valence-electron chi connectivity index (χ1n) is 25.5. The Morgan fingerprint density at radius 1 is 0.383 bits per heavy atom. The molecule has 1 unspecified atom stereocenters. The summed E-state index contributed by atoms with van der Waals surface area (Å²) in [7, 11) is 0. The van der Waals surface area contributed by atoms with E-state index in [4.69, 9.17) is 14.2 Å². The maximum Gasteiger partial charge on any atom is 0.306 e. The lowest BCUT2D eigenvalue weighted by molar-refractivity contribution is -0.163. The summed E-state index contributed by atoms with van der Waals surface area (Å²) in [6.45, 7) is 7.60. The van der Waals surface area contributed by atoms with Crippen LogP contribution in [0.25, 0.3) is 0 Å². The summed E-state index contributed by atoms with van der Waals surface area (Å²) in [4.78, 5) is 25.4. The van der Waals surface area contributed by atoms with Crippen molar-refractivity contribution >= 4 is 11.9 Å². The zero-order chi connectivity index (χ0) is 43.5. The van der Waals surface area contributed by atoms with Crippen molar-refractivity contribution in [2.75, 3.05) is 19.8 Å². The molecule has 0 N–H and O–H groups in total. The third-order valence-corrected chi connectivity index (χ3v) is 10.7. The van der Waals surface area contributed by atoms with Gasteiger partial charge in [-0.15, -0.1) is 0 Å². The Morgan fingerprint density at radius 3 is 1.30 bits per heavy atom. The van der Waals surface area contributed by atoms with E-state index >= 15 is 0 Å². The molecular formula is C55H96O5. The van der Waals surface area contributed by atoms with Crippen molar-refractivity contribution in [3.8, 4) is 0 Å². The van der Waals surface area contributed by atoms with Gasteiger partial charge in [-0.25, -0.2) is 0 Å². The molecule has 0 aliphatic rings. The van der Waals surface area contributed by atoms with Gasteiger partial charge in [0.05, 0.1) is 6.61 Å². The molecule has 5 nitrogen and oxygen atoms in total. The number of rotatable bonds is 46. The van der Waals surface area contributed by atoms with Gasteiger partial charge in [0.2, 0.25) is 0 Å². The Balaban J connectivity index is 4.34. The van der Waals surface area contributed by atoms with Gasteiger partial charge in [0.25, 0.3) is 0 Å². The van der Waals surface area contributed by atoms with Crippen LogP contribution in [0.15, 0.2) is 72.9 Å². The van der Waals surface area contributed by atoms with E-state index in [-0.39, 0.29) is 25.2 Å². The molecule has 1 atom stereocenters. The molecule has 60 heavy (non-hydrogen) atoms. The molecule has 0 bridgehead atoms. The summed E-state index contributed by atoms with van der Waals surface area (Å²) in [5.74, 6) is -0.446. The van der Waals surface area contributed by atoms with Gasteiger partial charge in [-0.3, -0.25) is 9.59 Å². The molecule has 346 valence electrons. The van der Waals surface area contributed by atoms with Crippen LogP contribution in [-0.4, -0.2) is 37.9 Å². The Morgan fingerprint density at radius 2 is 0.783 bits per heavy atom. The van der Waals surface area contributed by atoms with E-state index in [0.717, 1.165) is 77.0 Å². The van der Waals surface area contributed by atoms with E-state index in [2.05, 4.69) is 93.7 Å². The number of allylic oxidation sites excluding steroid dienone is 12. The second-order valence-electron chi connectivity index (χ2n) is 16.7. The van der Waals surface area contributed by atoms with Crippen molar-refractivity contribution in [2.24, 2.45) is 0 Å². The van der Waals surface area contributed by atoms with Crippen LogP contribution in [0, 0.1) is 0 Å². The molecule has 5 heteroatoms. The molecule has 0 aromatic rings. The first kappa shape index (κ1) is 57.3. The number of unbranched alkanes of at least 4 members (excludes halogenated alkanes) is 23. The summed E-state index contributed by atoms with van der Waals surface area (Å²) < 4.78 is 17.4. The molecule has 0 aromatic carbocycles. The van der Waals surface area contributed by atoms with Gasteiger partial charge in [-0.05, 0) is 83.5 Å². The van der Waals surface area contributed by atoms with Gasteiger partial charge >= 0.3 is 11.9 Å². The minimum absolute atomic E-state index is 0.0593. The van der Waals surface area contributed by atoms with Crippen molar-refractivity contribution in [2.45, 2.75) is 245 Å². The van der Waals surface area contributed by atoms with Crippen molar-refractivity contribution < 1.29 is 23.8 Å². The zero-order valence-electron chi connectivity index (χ0n) is 39.7. The average Bonchev–Trinajstić information content (AvgIpc) is 3.25. The highest BCUT2D eigenvalue weighted by Gasteiger charge is 2.17. The first-order chi connectivity index (χ1) is 29.6. The lowest BCUT2D eigenvalue weighted by atomic mass is 10.0. The van der Waals surface area contributed by atoms with Crippen molar-refractivity contribution in [3.05, 3.63) is 72.9 Å². The van der Waals surface area contributed by atoms with Gasteiger partial charge in [-0.1, -0.05) is 216 Å². The third-order valence-electron chi connectivity index (χ3n) is 10.7. The summed E-state index contributed by atoms with van der Waals surface area (Å²) in [6.07, 6.45) is 64.8. The number of carbonyl (C=O) groups is 2. The standard InChI is InChI=1S/C55H96O5/c1-4-7-10-13-16-19-22-25-28-30-33-36-39-42-45-48-54(56)59-52-53(51-58-50-47-44-41-38-35-32-27-24-21-18-15-12-9-6-3)60-55(57)49-46-43-40-37-34-31-29-26-23-20-17-14-11-8-5-2/h7,10,12,15-16,19,21,24-25,28,33,36,53H,4-6,8-9,11,13-14,17-18,20,22-23,26-27,29-32,34-35,37-52H2,1-3H3/b10-7-,15-12-,19-16-,24-21-,28-25-,36-33-. The largest absolute Gasteiger partial charge is 0.462 e. The maximum absolute atomic E-state index is 12.8. The quantitative estimate of drug-likeness (QED) is 0.0347. The predicted octanol–water partition coefficient (Wildman–Crippen LogP) is 17.1. The summed E-state index contributed by atoms with van der Waals surface area (Å²) in [5, 5.41) is 0. The van der Waals surface area contributed by atoms with Gasteiger partial charge in [0.15, 0.2) is 6.10 Å². The SMILES string of the molecule is CC/C=C\C/C=C\C/C=C\C/C=C\CCCCC(=O)OCC(COCCCCCCCC/C=C\C/C=C\CCC)OC(=O)CCCCCCCCCCCCCCCCC. The Bertz CT molecular complexity index is 1080. The number of carbonyl (C=O) groups excluding carboxylic acids is 2. The lowest BCUT2D eigenvalue weighted by Crippen LogP contribution is -2.30. The number of ether oxygens (including phenoxy) is 3. The highest BCUT2D eigenvalue weighted by atomic mass is 16.6. The molecule has 0 aliphatic carbocycles. The first-order valence-corrected chi connectivity index (χ1v) is 25.5. The molecule has 0 spiro atoms. The van der Waals surface area contributed by atoms with Gasteiger partial charge < -0.3 is 14.2 Å². The molecule has 0 aliphatic heterocycles. The highest BCUT2D eigenvalue weighted by Crippen LogP contribution is 2.15. The van der Waals surface area contributed by atoms with Crippen LogP contribution >= 0.6 is 0 Å².